The Morgan fingerprint density at radius 2 is 0.833 bits per heavy atom. The monoisotopic (exact) mass is 498 g/mol. The van der Waals surface area contributed by atoms with Crippen molar-refractivity contribution in [3.8, 4) is 12.3 Å². The van der Waals surface area contributed by atoms with Gasteiger partial charge in [0.2, 0.25) is 0 Å². The van der Waals surface area contributed by atoms with E-state index in [1.807, 2.05) is 72.8 Å². The van der Waals surface area contributed by atoms with E-state index in [1.54, 1.807) is 0 Å². The zero-order valence-electron chi connectivity index (χ0n) is 16.4. The van der Waals surface area contributed by atoms with Crippen LogP contribution in [0, 0.1) is 12.3 Å². The Labute approximate surface area is 178 Å². The Morgan fingerprint density at radius 3 is 1.07 bits per heavy atom. The SMILES string of the molecule is C#CC(=O)[O][Sb]([c]1ccccc1)([c]1ccccc1)([c]1ccccc1)[c]1ccccc1. The molecular formula is C27H21O2Sb. The van der Waals surface area contributed by atoms with Crippen LogP contribution in [0.1, 0.15) is 0 Å². The Kier molecular flexibility index (Phi) is 5.49. The first-order valence-corrected chi connectivity index (χ1v) is 15.8. The van der Waals surface area contributed by atoms with E-state index in [4.69, 9.17) is 9.44 Å². The average molecular weight is 499 g/mol. The summed E-state index contributed by atoms with van der Waals surface area (Å²) in [5.74, 6) is 1.56. The first-order chi connectivity index (χ1) is 14.7. The number of hydrogen-bond acceptors (Lipinski definition) is 2. The standard InChI is InChI=1S/4C6H5.C3H2O2.Sb/c4*1-2-4-6-5-3-1;1-2-3(4)5;/h4*1-5H;1H,(H,4,5);/q;;;;;+1/p-1. The second-order valence-corrected chi connectivity index (χ2v) is 19.2. The van der Waals surface area contributed by atoms with Crippen LogP contribution in [0.15, 0.2) is 121 Å². The Bertz CT molecular complexity index is 1010. The van der Waals surface area contributed by atoms with Gasteiger partial charge in [0.05, 0.1) is 0 Å². The molecule has 0 unspecified atom stereocenters. The molecule has 0 aliphatic carbocycles. The number of carbonyl (C=O) groups is 1. The molecule has 0 aliphatic heterocycles. The summed E-state index contributed by atoms with van der Waals surface area (Å²) in [6.07, 6.45) is 5.56. The van der Waals surface area contributed by atoms with E-state index in [2.05, 4.69) is 54.5 Å². The van der Waals surface area contributed by atoms with Gasteiger partial charge in [-0.05, 0) is 0 Å². The number of hydrogen-bond donors (Lipinski definition) is 0. The molecule has 0 saturated carbocycles. The van der Waals surface area contributed by atoms with Gasteiger partial charge in [-0.1, -0.05) is 0 Å². The molecule has 0 spiro atoms. The van der Waals surface area contributed by atoms with Crippen molar-refractivity contribution in [1.82, 2.24) is 0 Å². The first-order valence-electron chi connectivity index (χ1n) is 9.67. The molecular weight excluding hydrogens is 478 g/mol. The van der Waals surface area contributed by atoms with Gasteiger partial charge in [0.25, 0.3) is 0 Å². The summed E-state index contributed by atoms with van der Waals surface area (Å²) >= 11 is -5.11. The second kappa shape index (κ2) is 8.23. The van der Waals surface area contributed by atoms with Gasteiger partial charge in [0, 0.05) is 0 Å². The fraction of sp³-hybridized carbons (Fsp3) is 0. The first kappa shape index (κ1) is 20.0. The molecule has 4 rings (SSSR count). The van der Waals surface area contributed by atoms with Gasteiger partial charge in [0.1, 0.15) is 0 Å². The second-order valence-electron chi connectivity index (χ2n) is 6.90. The van der Waals surface area contributed by atoms with Gasteiger partial charge in [-0.3, -0.25) is 0 Å². The van der Waals surface area contributed by atoms with Crippen molar-refractivity contribution in [2.45, 2.75) is 0 Å². The number of carbonyl (C=O) groups excluding carboxylic acids is 1. The van der Waals surface area contributed by atoms with Crippen LogP contribution in [0.5, 0.6) is 0 Å². The molecule has 0 bridgehead atoms. The van der Waals surface area contributed by atoms with Crippen molar-refractivity contribution in [3.05, 3.63) is 121 Å². The Hall–Kier alpha value is -3.27. The van der Waals surface area contributed by atoms with Gasteiger partial charge < -0.3 is 0 Å². The minimum absolute atomic E-state index is 0.655. The molecule has 3 heteroatoms. The van der Waals surface area contributed by atoms with Crippen LogP contribution in [0.4, 0.5) is 0 Å². The van der Waals surface area contributed by atoms with Crippen molar-refractivity contribution in [2.75, 3.05) is 0 Å². The predicted octanol–water partition coefficient (Wildman–Crippen LogP) is 2.69. The van der Waals surface area contributed by atoms with E-state index in [1.165, 1.54) is 0 Å². The number of rotatable bonds is 5. The van der Waals surface area contributed by atoms with E-state index in [0.717, 1.165) is 14.0 Å². The molecule has 0 saturated heterocycles. The summed E-state index contributed by atoms with van der Waals surface area (Å²) in [5.41, 5.74) is 0. The van der Waals surface area contributed by atoms with Gasteiger partial charge >= 0.3 is 179 Å². The maximum atomic E-state index is 12.9. The van der Waals surface area contributed by atoms with E-state index in [0.29, 0.717) is 0 Å². The molecule has 0 N–H and O–H groups in total. The molecule has 0 aromatic heterocycles. The summed E-state index contributed by atoms with van der Waals surface area (Å²) < 4.78 is 10.6. The zero-order valence-corrected chi connectivity index (χ0v) is 18.9. The van der Waals surface area contributed by atoms with E-state index in [9.17, 15) is 4.79 Å². The van der Waals surface area contributed by atoms with Crippen LogP contribution in [0.2, 0.25) is 0 Å². The van der Waals surface area contributed by atoms with Crippen LogP contribution in [-0.4, -0.2) is 23.8 Å². The third-order valence-corrected chi connectivity index (χ3v) is 21.5. The van der Waals surface area contributed by atoms with Crippen LogP contribution in [-0.2, 0) is 7.81 Å². The third kappa shape index (κ3) is 2.95. The van der Waals surface area contributed by atoms with Crippen LogP contribution >= 0.6 is 0 Å². The van der Waals surface area contributed by atoms with Crippen molar-refractivity contribution in [1.29, 1.82) is 0 Å². The van der Waals surface area contributed by atoms with Crippen molar-refractivity contribution in [2.24, 2.45) is 0 Å². The zero-order chi connectivity index (χ0) is 20.9. The minimum atomic E-state index is -5.11. The molecule has 4 aromatic rings. The molecule has 0 atom stereocenters. The Morgan fingerprint density at radius 1 is 0.567 bits per heavy atom. The molecule has 0 amide bonds. The molecule has 0 radical (unpaired) electrons. The summed E-state index contributed by atoms with van der Waals surface area (Å²) in [4.78, 5) is 12.9. The summed E-state index contributed by atoms with van der Waals surface area (Å²) in [6.45, 7) is 0. The number of benzene rings is 4. The van der Waals surface area contributed by atoms with Crippen LogP contribution in [0.3, 0.4) is 0 Å². The van der Waals surface area contributed by atoms with E-state index in [-0.39, 0.29) is 0 Å². The molecule has 4 aromatic carbocycles. The normalized spacial score (nSPS) is 12.2. The molecule has 0 heterocycles. The molecule has 0 aliphatic rings. The summed E-state index contributed by atoms with van der Waals surface area (Å²) in [5, 5.41) is 0. The van der Waals surface area contributed by atoms with E-state index >= 15 is 0 Å². The molecule has 146 valence electrons. The Balaban J connectivity index is 2.31. The van der Waals surface area contributed by atoms with Gasteiger partial charge in [0.15, 0.2) is 0 Å². The fourth-order valence-electron chi connectivity index (χ4n) is 4.15. The topological polar surface area (TPSA) is 26.3 Å². The molecule has 2 nitrogen and oxygen atoms in total. The van der Waals surface area contributed by atoms with Crippen molar-refractivity contribution >= 4 is 37.8 Å². The number of terminal acetylenes is 1. The van der Waals surface area contributed by atoms with Gasteiger partial charge in [-0.25, -0.2) is 0 Å². The molecule has 0 fully saturated rings. The van der Waals surface area contributed by atoms with Gasteiger partial charge in [-0.2, -0.15) is 0 Å². The third-order valence-electron chi connectivity index (χ3n) is 5.38. The fourth-order valence-corrected chi connectivity index (χ4v) is 20.0. The quantitative estimate of drug-likeness (QED) is 0.312. The van der Waals surface area contributed by atoms with E-state index < -0.39 is 23.8 Å². The predicted molar refractivity (Wildman–Crippen MR) is 125 cm³/mol. The van der Waals surface area contributed by atoms with Crippen molar-refractivity contribution < 1.29 is 7.81 Å². The average Bonchev–Trinajstić information content (AvgIpc) is 2.85. The van der Waals surface area contributed by atoms with Crippen molar-refractivity contribution in [3.63, 3.8) is 0 Å². The maximum absolute atomic E-state index is 12.9. The summed E-state index contributed by atoms with van der Waals surface area (Å²) in [7, 11) is 0. The van der Waals surface area contributed by atoms with Gasteiger partial charge in [-0.15, -0.1) is 0 Å². The summed E-state index contributed by atoms with van der Waals surface area (Å²) in [6, 6.07) is 40.2. The van der Waals surface area contributed by atoms with Crippen LogP contribution in [0.25, 0.3) is 0 Å². The molecule has 30 heavy (non-hydrogen) atoms. The van der Waals surface area contributed by atoms with Crippen LogP contribution < -0.4 is 14.0 Å².